The molecular formula is C20H34N2O4. The van der Waals surface area contributed by atoms with Gasteiger partial charge in [-0.2, -0.15) is 0 Å². The van der Waals surface area contributed by atoms with Gasteiger partial charge in [0, 0.05) is 18.1 Å². The smallest absolute Gasteiger partial charge is 0.0927 e. The van der Waals surface area contributed by atoms with E-state index < -0.39 is 12.2 Å². The molecule has 0 aliphatic carbocycles. The van der Waals surface area contributed by atoms with Gasteiger partial charge in [0.25, 0.3) is 0 Å². The Morgan fingerprint density at radius 3 is 2.15 bits per heavy atom. The summed E-state index contributed by atoms with van der Waals surface area (Å²) in [7, 11) is 0. The van der Waals surface area contributed by atoms with Crippen LogP contribution in [0.4, 0.5) is 0 Å². The van der Waals surface area contributed by atoms with Crippen molar-refractivity contribution in [1.82, 2.24) is 5.32 Å². The van der Waals surface area contributed by atoms with E-state index in [0.29, 0.717) is 13.2 Å². The molecule has 3 rings (SSSR count). The molecule has 0 unspecified atom stereocenters. The molecule has 2 saturated heterocycles. The standard InChI is InChI=1S/C14H21NO2.C6H13NO2/c1-10-8-13(14(16)9-17-10)15-11(2)12-6-4-3-5-7-12;1-4-2-5(7)6(8)3-9-4/h3-7,10-11,13-16H,8-9H2,1-2H3;4-6,8H,2-3,7H2,1H3/t10-,11-,13-,14-;4-,5-,6-/m00/s1. The number of benzene rings is 1. The maximum atomic E-state index is 9.90. The summed E-state index contributed by atoms with van der Waals surface area (Å²) < 4.78 is 10.5. The lowest BCUT2D eigenvalue weighted by molar-refractivity contribution is -0.0681. The highest BCUT2D eigenvalue weighted by atomic mass is 16.5. The molecule has 0 radical (unpaired) electrons. The summed E-state index contributed by atoms with van der Waals surface area (Å²) in [6.07, 6.45) is 1.19. The van der Waals surface area contributed by atoms with Gasteiger partial charge in [0.15, 0.2) is 0 Å². The lowest BCUT2D eigenvalue weighted by atomic mass is 9.99. The first kappa shape index (κ1) is 21.3. The van der Waals surface area contributed by atoms with Crippen LogP contribution in [0.2, 0.25) is 0 Å². The van der Waals surface area contributed by atoms with Crippen molar-refractivity contribution < 1.29 is 19.7 Å². The third-order valence-corrected chi connectivity index (χ3v) is 5.02. The second kappa shape index (κ2) is 10.3. The van der Waals surface area contributed by atoms with Crippen LogP contribution in [-0.4, -0.2) is 59.9 Å². The second-order valence-corrected chi connectivity index (χ2v) is 7.46. The van der Waals surface area contributed by atoms with Crippen molar-refractivity contribution in [2.45, 2.75) is 76.2 Å². The Balaban J connectivity index is 0.000000228. The fourth-order valence-corrected chi connectivity index (χ4v) is 3.29. The van der Waals surface area contributed by atoms with E-state index in [4.69, 9.17) is 20.3 Å². The van der Waals surface area contributed by atoms with E-state index in [1.54, 1.807) is 0 Å². The van der Waals surface area contributed by atoms with Crippen molar-refractivity contribution in [2.24, 2.45) is 5.73 Å². The van der Waals surface area contributed by atoms with Crippen LogP contribution in [0, 0.1) is 0 Å². The van der Waals surface area contributed by atoms with Gasteiger partial charge in [0.2, 0.25) is 0 Å². The fraction of sp³-hybridized carbons (Fsp3) is 0.700. The number of nitrogens with one attached hydrogen (secondary N) is 1. The Kier molecular flexibility index (Phi) is 8.47. The van der Waals surface area contributed by atoms with E-state index in [0.717, 1.165) is 12.8 Å². The van der Waals surface area contributed by atoms with Gasteiger partial charge in [-0.3, -0.25) is 0 Å². The van der Waals surface area contributed by atoms with Gasteiger partial charge >= 0.3 is 0 Å². The third-order valence-electron chi connectivity index (χ3n) is 5.02. The van der Waals surface area contributed by atoms with E-state index in [2.05, 4.69) is 24.4 Å². The Morgan fingerprint density at radius 1 is 1.00 bits per heavy atom. The van der Waals surface area contributed by atoms with Gasteiger partial charge in [-0.1, -0.05) is 30.3 Å². The van der Waals surface area contributed by atoms with Gasteiger partial charge in [-0.15, -0.1) is 0 Å². The minimum atomic E-state index is -0.457. The molecule has 2 heterocycles. The number of hydrogen-bond acceptors (Lipinski definition) is 6. The second-order valence-electron chi connectivity index (χ2n) is 7.46. The first-order chi connectivity index (χ1) is 12.4. The first-order valence-electron chi connectivity index (χ1n) is 9.52. The number of hydrogen-bond donors (Lipinski definition) is 4. The summed E-state index contributed by atoms with van der Waals surface area (Å²) in [6.45, 7) is 6.96. The van der Waals surface area contributed by atoms with E-state index in [1.807, 2.05) is 32.0 Å². The van der Waals surface area contributed by atoms with Crippen molar-refractivity contribution in [1.29, 1.82) is 0 Å². The number of aliphatic hydroxyl groups excluding tert-OH is 2. The zero-order valence-corrected chi connectivity index (χ0v) is 16.0. The molecule has 26 heavy (non-hydrogen) atoms. The Hall–Kier alpha value is -1.02. The third kappa shape index (κ3) is 6.61. The highest BCUT2D eigenvalue weighted by Gasteiger charge is 2.28. The molecule has 1 aromatic carbocycles. The molecule has 1 aromatic rings. The highest BCUT2D eigenvalue weighted by molar-refractivity contribution is 5.18. The molecule has 0 amide bonds. The molecule has 148 valence electrons. The molecule has 6 heteroatoms. The Morgan fingerprint density at radius 2 is 1.58 bits per heavy atom. The molecule has 0 spiro atoms. The SMILES string of the molecule is C[C@H](N[C@H]1C[C@H](C)OC[C@@H]1O)c1ccccc1.C[C@H]1C[C@H](N)[C@@H](O)CO1. The van der Waals surface area contributed by atoms with Crippen LogP contribution in [-0.2, 0) is 9.47 Å². The van der Waals surface area contributed by atoms with Gasteiger partial charge in [0.05, 0.1) is 37.6 Å². The molecule has 6 nitrogen and oxygen atoms in total. The number of nitrogens with two attached hydrogens (primary N) is 1. The molecule has 5 N–H and O–H groups in total. The minimum Gasteiger partial charge on any atom is -0.389 e. The first-order valence-corrected chi connectivity index (χ1v) is 9.52. The summed E-state index contributed by atoms with van der Waals surface area (Å²) in [5, 5.41) is 22.4. The average molecular weight is 367 g/mol. The zero-order chi connectivity index (χ0) is 19.1. The maximum absolute atomic E-state index is 9.90. The fourth-order valence-electron chi connectivity index (χ4n) is 3.29. The molecule has 2 fully saturated rings. The van der Waals surface area contributed by atoms with Crippen LogP contribution in [0.1, 0.15) is 45.2 Å². The lowest BCUT2D eigenvalue weighted by Gasteiger charge is -2.34. The van der Waals surface area contributed by atoms with Crippen LogP contribution in [0.5, 0.6) is 0 Å². The lowest BCUT2D eigenvalue weighted by Crippen LogP contribution is -2.49. The summed E-state index contributed by atoms with van der Waals surface area (Å²) in [4.78, 5) is 0. The Labute approximate surface area is 156 Å². The van der Waals surface area contributed by atoms with Crippen molar-refractivity contribution in [3.05, 3.63) is 35.9 Å². The van der Waals surface area contributed by atoms with Crippen LogP contribution in [0.3, 0.4) is 0 Å². The highest BCUT2D eigenvalue weighted by Crippen LogP contribution is 2.19. The summed E-state index contributed by atoms with van der Waals surface area (Å²) >= 11 is 0. The molecule has 0 aromatic heterocycles. The van der Waals surface area contributed by atoms with E-state index >= 15 is 0 Å². The number of ether oxygens (including phenoxy) is 2. The van der Waals surface area contributed by atoms with Crippen molar-refractivity contribution in [3.8, 4) is 0 Å². The molecule has 7 atom stereocenters. The Bertz CT molecular complexity index is 516. The zero-order valence-electron chi connectivity index (χ0n) is 16.0. The van der Waals surface area contributed by atoms with Crippen LogP contribution >= 0.6 is 0 Å². The molecular weight excluding hydrogens is 332 g/mol. The van der Waals surface area contributed by atoms with Gasteiger partial charge in [0.1, 0.15) is 0 Å². The van der Waals surface area contributed by atoms with Crippen molar-refractivity contribution >= 4 is 0 Å². The largest absolute Gasteiger partial charge is 0.389 e. The average Bonchev–Trinajstić information content (AvgIpc) is 2.63. The van der Waals surface area contributed by atoms with E-state index in [-0.39, 0.29) is 30.3 Å². The number of aliphatic hydroxyl groups is 2. The van der Waals surface area contributed by atoms with Crippen LogP contribution in [0.15, 0.2) is 30.3 Å². The quantitative estimate of drug-likeness (QED) is 0.645. The van der Waals surface area contributed by atoms with E-state index in [9.17, 15) is 5.11 Å². The van der Waals surface area contributed by atoms with Gasteiger partial charge in [-0.25, -0.2) is 0 Å². The van der Waals surface area contributed by atoms with Crippen LogP contribution in [0.25, 0.3) is 0 Å². The van der Waals surface area contributed by atoms with Crippen molar-refractivity contribution in [3.63, 3.8) is 0 Å². The number of rotatable bonds is 3. The normalized spacial score (nSPS) is 35.9. The molecule has 2 aliphatic heterocycles. The summed E-state index contributed by atoms with van der Waals surface area (Å²) in [5.74, 6) is 0. The van der Waals surface area contributed by atoms with Gasteiger partial charge in [-0.05, 0) is 39.2 Å². The van der Waals surface area contributed by atoms with E-state index in [1.165, 1.54) is 5.56 Å². The summed E-state index contributed by atoms with van der Waals surface area (Å²) in [6, 6.07) is 10.6. The molecule has 0 bridgehead atoms. The predicted molar refractivity (Wildman–Crippen MR) is 102 cm³/mol. The summed E-state index contributed by atoms with van der Waals surface area (Å²) in [5.41, 5.74) is 6.79. The topological polar surface area (TPSA) is 97.0 Å². The maximum Gasteiger partial charge on any atom is 0.0927 e. The molecule has 2 aliphatic rings. The molecule has 0 saturated carbocycles. The van der Waals surface area contributed by atoms with Crippen molar-refractivity contribution in [2.75, 3.05) is 13.2 Å². The predicted octanol–water partition coefficient (Wildman–Crippen LogP) is 1.36. The monoisotopic (exact) mass is 366 g/mol. The van der Waals surface area contributed by atoms with Gasteiger partial charge < -0.3 is 30.7 Å². The minimum absolute atomic E-state index is 0.0891. The van der Waals surface area contributed by atoms with Crippen LogP contribution < -0.4 is 11.1 Å².